The van der Waals surface area contributed by atoms with Crippen LogP contribution in [0.4, 0.5) is 0 Å². The summed E-state index contributed by atoms with van der Waals surface area (Å²) < 4.78 is 33.6. The van der Waals surface area contributed by atoms with Gasteiger partial charge in [0.2, 0.25) is 0 Å². The van der Waals surface area contributed by atoms with Gasteiger partial charge in [0.05, 0.1) is 19.8 Å². The zero-order valence-electron chi connectivity index (χ0n) is 42.3. The minimum Gasteiger partial charge on any atom is -0.462 e. The zero-order valence-corrected chi connectivity index (χ0v) is 42.3. The van der Waals surface area contributed by atoms with Crippen LogP contribution in [0.2, 0.25) is 0 Å². The summed E-state index contributed by atoms with van der Waals surface area (Å²) >= 11 is 0. The summed E-state index contributed by atoms with van der Waals surface area (Å²) in [5.41, 5.74) is 0. The van der Waals surface area contributed by atoms with Gasteiger partial charge in [-0.05, 0) is 57.8 Å². The Balaban J connectivity index is 1.81. The third-order valence-electron chi connectivity index (χ3n) is 12.6. The van der Waals surface area contributed by atoms with Crippen molar-refractivity contribution in [3.05, 3.63) is 48.6 Å². The quantitative estimate of drug-likeness (QED) is 0.0176. The normalized spacial score (nSPS) is 25.9. The smallest absolute Gasteiger partial charge is 0.306 e. The lowest BCUT2D eigenvalue weighted by Crippen LogP contribution is -2.61. The minimum atomic E-state index is -1.77. The number of rotatable bonds is 41. The molecule has 7 N–H and O–H groups in total. The molecule has 11 atom stereocenters. The van der Waals surface area contributed by atoms with Crippen molar-refractivity contribution in [3.8, 4) is 0 Å². The van der Waals surface area contributed by atoms with Crippen molar-refractivity contribution in [2.24, 2.45) is 0 Å². The van der Waals surface area contributed by atoms with E-state index in [4.69, 9.17) is 28.4 Å². The molecule has 2 aliphatic heterocycles. The van der Waals surface area contributed by atoms with Crippen LogP contribution in [-0.2, 0) is 38.0 Å². The molecule has 0 aromatic carbocycles. The van der Waals surface area contributed by atoms with Crippen LogP contribution in [0.25, 0.3) is 0 Å². The van der Waals surface area contributed by atoms with Crippen LogP contribution in [0.5, 0.6) is 0 Å². The predicted octanol–water partition coefficient (Wildman–Crippen LogP) is 7.88. The maximum absolute atomic E-state index is 13.0. The highest BCUT2D eigenvalue weighted by molar-refractivity contribution is 5.70. The summed E-state index contributed by atoms with van der Waals surface area (Å²) in [6.45, 7) is 2.53. The Morgan fingerprint density at radius 2 is 0.870 bits per heavy atom. The van der Waals surface area contributed by atoms with Crippen molar-refractivity contribution in [2.75, 3.05) is 26.4 Å². The van der Waals surface area contributed by atoms with Crippen LogP contribution in [0, 0.1) is 0 Å². The van der Waals surface area contributed by atoms with Crippen molar-refractivity contribution < 1.29 is 73.8 Å². The first-order chi connectivity index (χ1) is 33.5. The van der Waals surface area contributed by atoms with E-state index < -0.39 is 99.3 Å². The fourth-order valence-electron chi connectivity index (χ4n) is 8.14. The first-order valence-electron chi connectivity index (χ1n) is 26.7. The number of carbonyl (C=O) groups excluding carboxylic acids is 2. The molecule has 0 aromatic heterocycles. The SMILES string of the molecule is CCCCC/C=C/C/C=C/C/C=C/C/C=C/CCCCCC(=O)O[C@H](COC(=O)CCCCCCCCCCCCCCCC)CO[C@H]1O[C@@H](CO[C@H]2O[C@@H](CO)[C@@H](O)C(O)C2O)[C@@H](O)C(O)C1O. The van der Waals surface area contributed by atoms with Crippen molar-refractivity contribution in [1.29, 1.82) is 0 Å². The highest BCUT2D eigenvalue weighted by atomic mass is 16.7. The van der Waals surface area contributed by atoms with Gasteiger partial charge >= 0.3 is 11.9 Å². The highest BCUT2D eigenvalue weighted by Crippen LogP contribution is 2.26. The van der Waals surface area contributed by atoms with Gasteiger partial charge in [0.1, 0.15) is 55.4 Å². The number of hydrogen-bond donors (Lipinski definition) is 7. The van der Waals surface area contributed by atoms with E-state index in [1.54, 1.807) is 0 Å². The van der Waals surface area contributed by atoms with Crippen LogP contribution in [0.3, 0.4) is 0 Å². The van der Waals surface area contributed by atoms with Gasteiger partial charge in [-0.1, -0.05) is 165 Å². The monoisotopic (exact) mass is 983 g/mol. The molecule has 4 unspecified atom stereocenters. The van der Waals surface area contributed by atoms with Crippen LogP contribution in [-0.4, -0.2) is 142 Å². The van der Waals surface area contributed by atoms with Crippen molar-refractivity contribution >= 4 is 11.9 Å². The van der Waals surface area contributed by atoms with E-state index in [-0.39, 0.29) is 19.4 Å². The summed E-state index contributed by atoms with van der Waals surface area (Å²) in [6, 6.07) is 0. The molecule has 2 aliphatic rings. The molecule has 0 amide bonds. The minimum absolute atomic E-state index is 0.128. The van der Waals surface area contributed by atoms with Crippen LogP contribution >= 0.6 is 0 Å². The van der Waals surface area contributed by atoms with Gasteiger partial charge in [0, 0.05) is 12.8 Å². The number of ether oxygens (including phenoxy) is 6. The maximum Gasteiger partial charge on any atom is 0.306 e. The number of hydrogen-bond acceptors (Lipinski definition) is 15. The predicted molar refractivity (Wildman–Crippen MR) is 266 cm³/mol. The standard InChI is InChI=1S/C54H94O15/c1-3-5-7-9-11-13-15-17-19-20-21-22-23-25-27-29-31-33-35-37-46(57)67-42(39-64-45(56)36-34-32-30-28-26-24-18-16-14-12-10-8-6-4-2)40-65-53-52(63)50(61)48(59)44(69-53)41-66-54-51(62)49(60)47(58)43(38-55)68-54/h11,13,17,19,21-22,25,27,42-44,47-55,58-63H,3-10,12,14-16,18,20,23-24,26,28-41H2,1-2H3/b13-11+,19-17+,22-21+,27-25+/t42-,43+,44+,47-,48-,49?,50?,51?,52?,53+,54+/m1/s1. The molecule has 2 fully saturated rings. The number of unbranched alkanes of at least 4 members (excludes halogenated alkanes) is 19. The summed E-state index contributed by atoms with van der Waals surface area (Å²) in [7, 11) is 0. The molecule has 0 aliphatic carbocycles. The summed E-state index contributed by atoms with van der Waals surface area (Å²) in [5.74, 6) is -0.958. The molecule has 2 saturated heterocycles. The summed E-state index contributed by atoms with van der Waals surface area (Å²) in [5, 5.41) is 72.1. The van der Waals surface area contributed by atoms with Crippen molar-refractivity contribution in [2.45, 2.75) is 255 Å². The second kappa shape index (κ2) is 41.0. The van der Waals surface area contributed by atoms with Gasteiger partial charge in [0.25, 0.3) is 0 Å². The molecule has 0 spiro atoms. The topological polar surface area (TPSA) is 231 Å². The van der Waals surface area contributed by atoms with E-state index >= 15 is 0 Å². The molecule has 69 heavy (non-hydrogen) atoms. The van der Waals surface area contributed by atoms with E-state index in [1.807, 2.05) is 0 Å². The van der Waals surface area contributed by atoms with Crippen LogP contribution < -0.4 is 0 Å². The van der Waals surface area contributed by atoms with E-state index in [2.05, 4.69) is 62.5 Å². The Hall–Kier alpha value is -2.54. The first-order valence-corrected chi connectivity index (χ1v) is 26.7. The van der Waals surface area contributed by atoms with Gasteiger partial charge in [0.15, 0.2) is 18.7 Å². The molecule has 0 radical (unpaired) electrons. The van der Waals surface area contributed by atoms with E-state index in [9.17, 15) is 45.3 Å². The zero-order chi connectivity index (χ0) is 50.3. The molecule has 400 valence electrons. The lowest BCUT2D eigenvalue weighted by molar-refractivity contribution is -0.332. The Morgan fingerprint density at radius 1 is 0.464 bits per heavy atom. The summed E-state index contributed by atoms with van der Waals surface area (Å²) in [6.07, 6.45) is 28.5. The highest BCUT2D eigenvalue weighted by Gasteiger charge is 2.47. The van der Waals surface area contributed by atoms with Gasteiger partial charge in [-0.2, -0.15) is 0 Å². The Morgan fingerprint density at radius 3 is 1.39 bits per heavy atom. The van der Waals surface area contributed by atoms with E-state index in [1.165, 1.54) is 83.5 Å². The van der Waals surface area contributed by atoms with Gasteiger partial charge in [-0.15, -0.1) is 0 Å². The Kier molecular flexibility index (Phi) is 37.2. The molecule has 15 heteroatoms. The molecule has 0 saturated carbocycles. The average Bonchev–Trinajstić information content (AvgIpc) is 3.34. The molecular formula is C54H94O15. The molecular weight excluding hydrogens is 889 g/mol. The number of aliphatic hydroxyl groups excluding tert-OH is 7. The van der Waals surface area contributed by atoms with E-state index in [0.717, 1.165) is 64.2 Å². The Labute approximate surface area is 414 Å². The number of carbonyl (C=O) groups is 2. The van der Waals surface area contributed by atoms with Gasteiger partial charge in [-0.3, -0.25) is 9.59 Å². The molecule has 2 rings (SSSR count). The van der Waals surface area contributed by atoms with E-state index in [0.29, 0.717) is 12.8 Å². The van der Waals surface area contributed by atoms with Gasteiger partial charge in [-0.25, -0.2) is 0 Å². The number of aliphatic hydroxyl groups is 7. The lowest BCUT2D eigenvalue weighted by Gasteiger charge is -2.42. The van der Waals surface area contributed by atoms with Gasteiger partial charge < -0.3 is 64.2 Å². The Bertz CT molecular complexity index is 1390. The fourth-order valence-corrected chi connectivity index (χ4v) is 8.14. The number of esters is 2. The fraction of sp³-hybridized carbons (Fsp3) is 0.815. The second-order valence-corrected chi connectivity index (χ2v) is 18.7. The van der Waals surface area contributed by atoms with Crippen LogP contribution in [0.1, 0.15) is 187 Å². The maximum atomic E-state index is 13.0. The average molecular weight is 983 g/mol. The first kappa shape index (κ1) is 62.6. The summed E-state index contributed by atoms with van der Waals surface area (Å²) in [4.78, 5) is 25.8. The second-order valence-electron chi connectivity index (χ2n) is 18.7. The molecule has 15 nitrogen and oxygen atoms in total. The largest absolute Gasteiger partial charge is 0.462 e. The van der Waals surface area contributed by atoms with Crippen molar-refractivity contribution in [3.63, 3.8) is 0 Å². The lowest BCUT2D eigenvalue weighted by atomic mass is 9.98. The third kappa shape index (κ3) is 28.9. The van der Waals surface area contributed by atoms with Crippen molar-refractivity contribution in [1.82, 2.24) is 0 Å². The molecule has 2 heterocycles. The molecule has 0 aromatic rings. The third-order valence-corrected chi connectivity index (χ3v) is 12.6. The van der Waals surface area contributed by atoms with Crippen LogP contribution in [0.15, 0.2) is 48.6 Å². The molecule has 0 bridgehead atoms. The number of allylic oxidation sites excluding steroid dienone is 8.